The first kappa shape index (κ1) is 11.2. The molecule has 0 aliphatic carbocycles. The number of aromatic nitrogens is 3. The van der Waals surface area contributed by atoms with E-state index >= 15 is 0 Å². The average molecular weight is 258 g/mol. The summed E-state index contributed by atoms with van der Waals surface area (Å²) >= 11 is 1.74. The highest BCUT2D eigenvalue weighted by Gasteiger charge is 2.03. The molecule has 0 aliphatic rings. The molecule has 0 bridgehead atoms. The van der Waals surface area contributed by atoms with Crippen LogP contribution in [0.1, 0.15) is 5.82 Å². The molecule has 0 saturated carbocycles. The predicted molar refractivity (Wildman–Crippen MR) is 75.0 cm³/mol. The molecule has 0 aromatic carbocycles. The van der Waals surface area contributed by atoms with Crippen molar-refractivity contribution in [2.75, 3.05) is 11.9 Å². The highest BCUT2D eigenvalue weighted by Crippen LogP contribution is 2.25. The van der Waals surface area contributed by atoms with Gasteiger partial charge in [0, 0.05) is 48.7 Å². The van der Waals surface area contributed by atoms with Crippen LogP contribution in [0.25, 0.3) is 10.1 Å². The normalized spacial score (nSPS) is 10.9. The summed E-state index contributed by atoms with van der Waals surface area (Å²) in [6.07, 6.45) is 6.54. The van der Waals surface area contributed by atoms with Gasteiger partial charge in [0.2, 0.25) is 0 Å². The molecule has 18 heavy (non-hydrogen) atoms. The van der Waals surface area contributed by atoms with E-state index < -0.39 is 0 Å². The highest BCUT2D eigenvalue weighted by molar-refractivity contribution is 7.17. The molecule has 5 heteroatoms. The number of aryl methyl sites for hydroxylation is 1. The molecule has 1 N–H and O–H groups in total. The topological polar surface area (TPSA) is 42.7 Å². The number of pyridine rings is 1. The molecule has 0 fully saturated rings. The van der Waals surface area contributed by atoms with Gasteiger partial charge < -0.3 is 9.88 Å². The molecule has 3 aromatic rings. The van der Waals surface area contributed by atoms with E-state index in [0.29, 0.717) is 0 Å². The van der Waals surface area contributed by atoms with Crippen LogP contribution < -0.4 is 5.32 Å². The summed E-state index contributed by atoms with van der Waals surface area (Å²) in [6.45, 7) is 0.840. The first-order valence-corrected chi connectivity index (χ1v) is 6.75. The first-order valence-electron chi connectivity index (χ1n) is 5.87. The lowest BCUT2D eigenvalue weighted by Crippen LogP contribution is -2.09. The number of fused-ring (bicyclic) bond motifs is 1. The van der Waals surface area contributed by atoms with E-state index in [1.165, 1.54) is 10.1 Å². The zero-order valence-electron chi connectivity index (χ0n) is 10.1. The van der Waals surface area contributed by atoms with Crippen molar-refractivity contribution in [3.05, 3.63) is 41.9 Å². The minimum absolute atomic E-state index is 0.840. The van der Waals surface area contributed by atoms with E-state index in [2.05, 4.69) is 26.7 Å². The van der Waals surface area contributed by atoms with Crippen molar-refractivity contribution in [2.24, 2.45) is 7.05 Å². The number of rotatable bonds is 4. The minimum Gasteiger partial charge on any atom is -0.369 e. The summed E-state index contributed by atoms with van der Waals surface area (Å²) in [4.78, 5) is 8.69. The first-order chi connectivity index (χ1) is 8.84. The zero-order valence-corrected chi connectivity index (χ0v) is 10.9. The van der Waals surface area contributed by atoms with Gasteiger partial charge in [0.1, 0.15) is 11.6 Å². The van der Waals surface area contributed by atoms with Gasteiger partial charge in [-0.3, -0.25) is 0 Å². The predicted octanol–water partition coefficient (Wildman–Crippen LogP) is 2.68. The standard InChI is InChI=1S/C13H14N4S/c1-17-8-7-14-12(17)3-6-16-13-10-4-9-18-11(10)2-5-15-13/h2,4-5,7-9H,3,6H2,1H3,(H,15,16). The van der Waals surface area contributed by atoms with Crippen LogP contribution in [0, 0.1) is 0 Å². The molecule has 3 aromatic heterocycles. The third kappa shape index (κ3) is 2.09. The zero-order chi connectivity index (χ0) is 12.4. The fraction of sp³-hybridized carbons (Fsp3) is 0.231. The lowest BCUT2D eigenvalue weighted by atomic mass is 10.3. The molecule has 0 spiro atoms. The molecule has 3 rings (SSSR count). The van der Waals surface area contributed by atoms with Crippen LogP contribution >= 0.6 is 11.3 Å². The largest absolute Gasteiger partial charge is 0.369 e. The Hall–Kier alpha value is -1.88. The fourth-order valence-corrected chi connectivity index (χ4v) is 2.75. The van der Waals surface area contributed by atoms with E-state index in [4.69, 9.17) is 0 Å². The van der Waals surface area contributed by atoms with Crippen LogP contribution in [-0.2, 0) is 13.5 Å². The van der Waals surface area contributed by atoms with Gasteiger partial charge in [0.15, 0.2) is 0 Å². The monoisotopic (exact) mass is 258 g/mol. The second-order valence-electron chi connectivity index (χ2n) is 4.12. The van der Waals surface area contributed by atoms with E-state index in [1.807, 2.05) is 36.3 Å². The van der Waals surface area contributed by atoms with Gasteiger partial charge >= 0.3 is 0 Å². The molecule has 92 valence electrons. The molecule has 0 saturated heterocycles. The number of hydrogen-bond acceptors (Lipinski definition) is 4. The Labute approximate surface area is 109 Å². The fourth-order valence-electron chi connectivity index (χ4n) is 1.97. The maximum atomic E-state index is 4.39. The summed E-state index contributed by atoms with van der Waals surface area (Å²) in [5.74, 6) is 2.04. The van der Waals surface area contributed by atoms with Gasteiger partial charge in [-0.1, -0.05) is 0 Å². The van der Waals surface area contributed by atoms with Crippen molar-refractivity contribution in [3.8, 4) is 0 Å². The van der Waals surface area contributed by atoms with Gasteiger partial charge in [-0.05, 0) is 17.5 Å². The summed E-state index contributed by atoms with van der Waals surface area (Å²) in [5.41, 5.74) is 0. The van der Waals surface area contributed by atoms with Gasteiger partial charge in [0.05, 0.1) is 0 Å². The lowest BCUT2D eigenvalue weighted by molar-refractivity contribution is 0.789. The van der Waals surface area contributed by atoms with Gasteiger partial charge in [0.25, 0.3) is 0 Å². The molecule has 0 unspecified atom stereocenters. The number of nitrogens with zero attached hydrogens (tertiary/aromatic N) is 3. The second-order valence-corrected chi connectivity index (χ2v) is 5.07. The van der Waals surface area contributed by atoms with Crippen LogP contribution in [0.2, 0.25) is 0 Å². The van der Waals surface area contributed by atoms with Crippen molar-refractivity contribution in [1.82, 2.24) is 14.5 Å². The average Bonchev–Trinajstić information content (AvgIpc) is 2.99. The van der Waals surface area contributed by atoms with E-state index in [1.54, 1.807) is 11.3 Å². The number of anilines is 1. The van der Waals surface area contributed by atoms with Crippen molar-refractivity contribution < 1.29 is 0 Å². The Morgan fingerprint density at radius 3 is 3.06 bits per heavy atom. The quantitative estimate of drug-likeness (QED) is 0.782. The summed E-state index contributed by atoms with van der Waals surface area (Å²) < 4.78 is 3.31. The van der Waals surface area contributed by atoms with Crippen molar-refractivity contribution in [3.63, 3.8) is 0 Å². The smallest absolute Gasteiger partial charge is 0.134 e. The summed E-state index contributed by atoms with van der Waals surface area (Å²) in [5, 5.41) is 6.67. The maximum absolute atomic E-state index is 4.39. The van der Waals surface area contributed by atoms with Crippen LogP contribution in [0.3, 0.4) is 0 Å². The second kappa shape index (κ2) is 4.78. The van der Waals surface area contributed by atoms with E-state index in [-0.39, 0.29) is 0 Å². The number of thiophene rings is 1. The number of nitrogens with one attached hydrogen (secondary N) is 1. The minimum atomic E-state index is 0.840. The van der Waals surface area contributed by atoms with E-state index in [0.717, 1.165) is 24.6 Å². The summed E-state index contributed by atoms with van der Waals surface area (Å²) in [6, 6.07) is 4.15. The van der Waals surface area contributed by atoms with Gasteiger partial charge in [-0.15, -0.1) is 11.3 Å². The number of imidazole rings is 1. The van der Waals surface area contributed by atoms with Crippen LogP contribution in [0.5, 0.6) is 0 Å². The third-order valence-electron chi connectivity index (χ3n) is 2.94. The number of hydrogen-bond donors (Lipinski definition) is 1. The molecule has 4 nitrogen and oxygen atoms in total. The molecule has 0 atom stereocenters. The Morgan fingerprint density at radius 1 is 1.28 bits per heavy atom. The Morgan fingerprint density at radius 2 is 2.22 bits per heavy atom. The maximum Gasteiger partial charge on any atom is 0.134 e. The van der Waals surface area contributed by atoms with Crippen LogP contribution in [0.15, 0.2) is 36.1 Å². The third-order valence-corrected chi connectivity index (χ3v) is 3.82. The SMILES string of the molecule is Cn1ccnc1CCNc1nccc2sccc12. The molecular weight excluding hydrogens is 244 g/mol. The lowest BCUT2D eigenvalue weighted by Gasteiger charge is -2.06. The molecular formula is C13H14N4S. The molecule has 0 amide bonds. The van der Waals surface area contributed by atoms with Gasteiger partial charge in [-0.2, -0.15) is 0 Å². The highest BCUT2D eigenvalue weighted by atomic mass is 32.1. The van der Waals surface area contributed by atoms with E-state index in [9.17, 15) is 0 Å². The van der Waals surface area contributed by atoms with Crippen molar-refractivity contribution in [2.45, 2.75) is 6.42 Å². The summed E-state index contributed by atoms with van der Waals surface area (Å²) in [7, 11) is 2.01. The van der Waals surface area contributed by atoms with Crippen LogP contribution in [0.4, 0.5) is 5.82 Å². The molecule has 0 aliphatic heterocycles. The molecule has 0 radical (unpaired) electrons. The van der Waals surface area contributed by atoms with Crippen molar-refractivity contribution >= 4 is 27.2 Å². The Kier molecular flexibility index (Phi) is 2.98. The van der Waals surface area contributed by atoms with Crippen molar-refractivity contribution in [1.29, 1.82) is 0 Å². The van der Waals surface area contributed by atoms with Gasteiger partial charge in [-0.25, -0.2) is 9.97 Å². The Balaban J connectivity index is 1.70. The molecule has 3 heterocycles. The Bertz CT molecular complexity index is 656. The van der Waals surface area contributed by atoms with Crippen LogP contribution in [-0.4, -0.2) is 21.1 Å².